The molecule has 0 unspecified atom stereocenters. The van der Waals surface area contributed by atoms with Crippen molar-refractivity contribution in [2.75, 3.05) is 18.4 Å². The van der Waals surface area contributed by atoms with Crippen molar-refractivity contribution in [1.29, 1.82) is 0 Å². The number of nitrogens with one attached hydrogen (secondary N) is 3. The van der Waals surface area contributed by atoms with Crippen LogP contribution in [-0.4, -0.2) is 80.2 Å². The number of rotatable bonds is 7. The molecule has 0 aromatic carbocycles. The van der Waals surface area contributed by atoms with Gasteiger partial charge in [-0.3, -0.25) is 9.59 Å². The van der Waals surface area contributed by atoms with Gasteiger partial charge in [-0.1, -0.05) is 19.8 Å². The van der Waals surface area contributed by atoms with Crippen molar-refractivity contribution in [3.8, 4) is 0 Å². The summed E-state index contributed by atoms with van der Waals surface area (Å²) in [5, 5.41) is 7.69. The lowest BCUT2D eigenvalue weighted by molar-refractivity contribution is -0.149. The van der Waals surface area contributed by atoms with E-state index in [4.69, 9.17) is 4.74 Å². The Morgan fingerprint density at radius 1 is 1.09 bits per heavy atom. The van der Waals surface area contributed by atoms with Crippen molar-refractivity contribution in [2.24, 2.45) is 11.8 Å². The molecule has 1 saturated heterocycles. The summed E-state index contributed by atoms with van der Waals surface area (Å²) < 4.78 is 46.7. The number of alkyl halides is 3. The second kappa shape index (κ2) is 13.4. The molecule has 2 aliphatic heterocycles. The summed E-state index contributed by atoms with van der Waals surface area (Å²) >= 11 is 0. The molecule has 0 radical (unpaired) electrons. The second-order valence-electron chi connectivity index (χ2n) is 13.7. The Labute approximate surface area is 271 Å². The molecule has 4 heterocycles. The van der Waals surface area contributed by atoms with Gasteiger partial charge in [-0.15, -0.1) is 0 Å². The van der Waals surface area contributed by atoms with Gasteiger partial charge in [0, 0.05) is 31.5 Å². The first-order valence-electron chi connectivity index (χ1n) is 15.9. The number of nitrogens with zero attached hydrogens (tertiary/aromatic N) is 4. The number of hydrogen-bond acceptors (Lipinski definition) is 6. The molecular weight excluding hydrogens is 619 g/mol. The number of ether oxygens (including phenoxy) is 1. The first-order valence-corrected chi connectivity index (χ1v) is 15.9. The Balaban J connectivity index is 1.27. The summed E-state index contributed by atoms with van der Waals surface area (Å²) in [4.78, 5) is 59.0. The van der Waals surface area contributed by atoms with E-state index in [-0.39, 0.29) is 24.8 Å². The smallest absolute Gasteiger partial charge is 0.410 e. The highest BCUT2D eigenvalue weighted by atomic mass is 19.4. The summed E-state index contributed by atoms with van der Waals surface area (Å²) in [5.41, 5.74) is 1.01. The van der Waals surface area contributed by atoms with Gasteiger partial charge >= 0.3 is 18.3 Å². The predicted octanol–water partition coefficient (Wildman–Crippen LogP) is 4.65. The highest BCUT2D eigenvalue weighted by Gasteiger charge is 2.46. The second-order valence-corrected chi connectivity index (χ2v) is 13.7. The van der Waals surface area contributed by atoms with Crippen LogP contribution in [0.2, 0.25) is 0 Å². The van der Waals surface area contributed by atoms with Crippen LogP contribution < -0.4 is 16.0 Å². The van der Waals surface area contributed by atoms with E-state index in [1.54, 1.807) is 43.9 Å². The zero-order chi connectivity index (χ0) is 34.1. The minimum absolute atomic E-state index is 0.102. The fourth-order valence-electron chi connectivity index (χ4n) is 6.30. The fourth-order valence-corrected chi connectivity index (χ4v) is 6.30. The maximum absolute atomic E-state index is 13.8. The number of halogens is 3. The van der Waals surface area contributed by atoms with E-state index in [1.807, 2.05) is 9.88 Å². The van der Waals surface area contributed by atoms with Gasteiger partial charge in [0.15, 0.2) is 0 Å². The molecule has 3 aliphatic rings. The average molecular weight is 662 g/mol. The van der Waals surface area contributed by atoms with Crippen LogP contribution in [0.25, 0.3) is 0 Å². The Bertz CT molecular complexity index is 1500. The molecule has 256 valence electrons. The van der Waals surface area contributed by atoms with Crippen LogP contribution in [0.1, 0.15) is 75.1 Å². The molecule has 2 fully saturated rings. The zero-order valence-electron chi connectivity index (χ0n) is 27.0. The van der Waals surface area contributed by atoms with Crippen molar-refractivity contribution in [3.63, 3.8) is 0 Å². The first-order chi connectivity index (χ1) is 22.1. The van der Waals surface area contributed by atoms with Crippen molar-refractivity contribution in [2.45, 2.75) is 96.9 Å². The minimum atomic E-state index is -4.56. The lowest BCUT2D eigenvalue weighted by Crippen LogP contribution is -2.50. The quantitative estimate of drug-likeness (QED) is 0.395. The van der Waals surface area contributed by atoms with Gasteiger partial charge in [-0.2, -0.15) is 13.2 Å². The highest BCUT2D eigenvalue weighted by Crippen LogP contribution is 2.32. The molecule has 1 saturated carbocycles. The van der Waals surface area contributed by atoms with E-state index < -0.39 is 54.3 Å². The standard InChI is InChI=1S/C32H42F3N7O5/c1-19-5-7-21(8-6-19)26(39-27(43)23-10-9-22-17-40(13-14-42(22)23)30(46)47-31(2,3)4)28(44)38-25-15-20(11-12-36-25)16-41-18-24(32(33,34)35)37-29(41)45/h9-12,15,19,21,24,26H,5-8,13-14,16-18H2,1-4H3,(H,37,45)(H,39,43)(H,36,38,44)/t19?,21?,24-,26+/m0/s1. The van der Waals surface area contributed by atoms with Gasteiger partial charge in [0.1, 0.15) is 29.2 Å². The lowest BCUT2D eigenvalue weighted by Gasteiger charge is -2.33. The molecule has 47 heavy (non-hydrogen) atoms. The third-order valence-corrected chi connectivity index (χ3v) is 8.83. The predicted molar refractivity (Wildman–Crippen MR) is 165 cm³/mol. The monoisotopic (exact) mass is 661 g/mol. The van der Waals surface area contributed by atoms with Gasteiger partial charge < -0.3 is 35.1 Å². The maximum Gasteiger partial charge on any atom is 0.410 e. The van der Waals surface area contributed by atoms with Gasteiger partial charge in [0.25, 0.3) is 5.91 Å². The lowest BCUT2D eigenvalue weighted by atomic mass is 9.79. The van der Waals surface area contributed by atoms with Gasteiger partial charge in [0.2, 0.25) is 5.91 Å². The van der Waals surface area contributed by atoms with E-state index in [1.165, 1.54) is 12.3 Å². The molecular formula is C32H42F3N7O5. The molecule has 5 rings (SSSR count). The summed E-state index contributed by atoms with van der Waals surface area (Å²) in [6.07, 6.45) is -0.261. The summed E-state index contributed by atoms with van der Waals surface area (Å²) in [5.74, 6) is -0.328. The zero-order valence-corrected chi connectivity index (χ0v) is 27.0. The molecule has 0 bridgehead atoms. The summed E-state index contributed by atoms with van der Waals surface area (Å²) in [7, 11) is 0. The highest BCUT2D eigenvalue weighted by molar-refractivity contribution is 6.00. The molecule has 1 aliphatic carbocycles. The average Bonchev–Trinajstić information content (AvgIpc) is 3.58. The molecule has 15 heteroatoms. The number of pyridine rings is 1. The van der Waals surface area contributed by atoms with Crippen LogP contribution in [-0.2, 0) is 29.2 Å². The number of carbonyl (C=O) groups is 4. The third-order valence-electron chi connectivity index (χ3n) is 8.83. The maximum atomic E-state index is 13.8. The number of hydrogen-bond donors (Lipinski definition) is 3. The van der Waals surface area contributed by atoms with Crippen LogP contribution in [0, 0.1) is 11.8 Å². The normalized spacial score (nSPS) is 22.3. The van der Waals surface area contributed by atoms with Crippen LogP contribution in [0.3, 0.4) is 0 Å². The Morgan fingerprint density at radius 2 is 1.81 bits per heavy atom. The Hall–Kier alpha value is -4.30. The molecule has 0 spiro atoms. The topological polar surface area (TPSA) is 138 Å². The number of fused-ring (bicyclic) bond motifs is 1. The van der Waals surface area contributed by atoms with E-state index in [0.717, 1.165) is 36.3 Å². The van der Waals surface area contributed by atoms with E-state index in [9.17, 15) is 32.3 Å². The SMILES string of the molecule is CC1CCC([C@@H](NC(=O)c2ccc3n2CCN(C(=O)OC(C)(C)C)C3)C(=O)Nc2cc(CN3C[C@@H](C(F)(F)F)NC3=O)ccn2)CC1. The molecule has 2 aromatic rings. The number of urea groups is 1. The minimum Gasteiger partial charge on any atom is -0.444 e. The summed E-state index contributed by atoms with van der Waals surface area (Å²) in [6, 6.07) is 2.90. The van der Waals surface area contributed by atoms with E-state index in [2.05, 4.69) is 22.5 Å². The molecule has 2 atom stereocenters. The molecule has 2 aromatic heterocycles. The van der Waals surface area contributed by atoms with Crippen LogP contribution in [0.4, 0.5) is 28.6 Å². The largest absolute Gasteiger partial charge is 0.444 e. The molecule has 5 amide bonds. The van der Waals surface area contributed by atoms with Crippen LogP contribution in [0.15, 0.2) is 30.5 Å². The van der Waals surface area contributed by atoms with Gasteiger partial charge in [0.05, 0.1) is 13.1 Å². The Morgan fingerprint density at radius 3 is 2.47 bits per heavy atom. The molecule has 3 N–H and O–H groups in total. The number of aromatic nitrogens is 2. The van der Waals surface area contributed by atoms with E-state index >= 15 is 0 Å². The van der Waals surface area contributed by atoms with Crippen molar-refractivity contribution < 1.29 is 37.1 Å². The van der Waals surface area contributed by atoms with Gasteiger partial charge in [-0.25, -0.2) is 14.6 Å². The Kier molecular flexibility index (Phi) is 9.73. The molecule has 12 nitrogen and oxygen atoms in total. The number of amides is 5. The first kappa shape index (κ1) is 34.0. The van der Waals surface area contributed by atoms with E-state index in [0.29, 0.717) is 30.3 Å². The number of carbonyl (C=O) groups excluding carboxylic acids is 4. The summed E-state index contributed by atoms with van der Waals surface area (Å²) in [6.45, 7) is 7.97. The van der Waals surface area contributed by atoms with Crippen molar-refractivity contribution in [1.82, 2.24) is 30.0 Å². The number of anilines is 1. The fraction of sp³-hybridized carbons (Fsp3) is 0.594. The van der Waals surface area contributed by atoms with Crippen LogP contribution in [0.5, 0.6) is 0 Å². The van der Waals surface area contributed by atoms with Crippen molar-refractivity contribution in [3.05, 3.63) is 47.4 Å². The van der Waals surface area contributed by atoms with Gasteiger partial charge in [-0.05, 0) is 75.3 Å². The third kappa shape index (κ3) is 8.35. The van der Waals surface area contributed by atoms with Crippen molar-refractivity contribution >= 4 is 29.8 Å². The van der Waals surface area contributed by atoms with Crippen LogP contribution >= 0.6 is 0 Å².